The molecule has 0 aliphatic rings. The summed E-state index contributed by atoms with van der Waals surface area (Å²) in [6, 6.07) is 4.95. The third kappa shape index (κ3) is 4.59. The van der Waals surface area contributed by atoms with Gasteiger partial charge in [-0.15, -0.1) is 13.2 Å². The van der Waals surface area contributed by atoms with E-state index in [0.717, 1.165) is 6.42 Å². The largest absolute Gasteiger partial charge is 0.573 e. The molecule has 0 heterocycles. The molecule has 0 bridgehead atoms. The molecule has 0 N–H and O–H groups in total. The van der Waals surface area contributed by atoms with E-state index in [4.69, 9.17) is 0 Å². The van der Waals surface area contributed by atoms with Gasteiger partial charge in [0, 0.05) is 0 Å². The highest BCUT2D eigenvalue weighted by Crippen LogP contribution is 2.27. The third-order valence-corrected chi connectivity index (χ3v) is 2.27. The maximum Gasteiger partial charge on any atom is 0.573 e. The molecule has 3 nitrogen and oxygen atoms in total. The first-order valence-corrected chi connectivity index (χ1v) is 5.39. The second-order valence-corrected chi connectivity index (χ2v) is 3.64. The number of hydrogen-bond acceptors (Lipinski definition) is 3. The Morgan fingerprint density at radius 2 is 1.94 bits per heavy atom. The van der Waals surface area contributed by atoms with Crippen LogP contribution >= 0.6 is 0 Å². The topological polar surface area (TPSA) is 38.7 Å². The summed E-state index contributed by atoms with van der Waals surface area (Å²) in [4.78, 5) is 13.9. The van der Waals surface area contributed by atoms with E-state index < -0.39 is 6.36 Å². The lowest BCUT2D eigenvalue weighted by molar-refractivity contribution is -0.274. The van der Waals surface area contributed by atoms with Gasteiger partial charge in [-0.2, -0.15) is 4.99 Å². The quantitative estimate of drug-likeness (QED) is 0.596. The molecule has 1 aromatic rings. The Hall–Kier alpha value is -1.81. The van der Waals surface area contributed by atoms with E-state index in [2.05, 4.69) is 9.73 Å². The van der Waals surface area contributed by atoms with Crippen molar-refractivity contribution in [1.29, 1.82) is 0 Å². The molecule has 1 aromatic carbocycles. The zero-order valence-corrected chi connectivity index (χ0v) is 9.70. The van der Waals surface area contributed by atoms with Crippen LogP contribution in [0.4, 0.5) is 13.2 Å². The van der Waals surface area contributed by atoms with E-state index in [9.17, 15) is 18.0 Å². The fraction of sp³-hybridized carbons (Fsp3) is 0.417. The van der Waals surface area contributed by atoms with E-state index >= 15 is 0 Å². The lowest BCUT2D eigenvalue weighted by Gasteiger charge is -2.12. The Bertz CT molecular complexity index is 422. The molecule has 0 aliphatic heterocycles. The van der Waals surface area contributed by atoms with E-state index in [-0.39, 0.29) is 11.8 Å². The maximum absolute atomic E-state index is 11.9. The summed E-state index contributed by atoms with van der Waals surface area (Å²) in [6.07, 6.45) is -1.80. The number of nitrogens with zero attached hydrogens (tertiary/aromatic N) is 1. The molecule has 0 saturated heterocycles. The van der Waals surface area contributed by atoms with Crippen molar-refractivity contribution in [2.75, 3.05) is 0 Å². The Kier molecular flexibility index (Phi) is 4.92. The van der Waals surface area contributed by atoms with E-state index in [1.165, 1.54) is 30.3 Å². The molecule has 1 rings (SSSR count). The fourth-order valence-corrected chi connectivity index (χ4v) is 1.53. The molecule has 98 valence electrons. The number of hydrogen-bond donors (Lipinski definition) is 0. The molecule has 0 aromatic heterocycles. The molecule has 0 fully saturated rings. The molecule has 0 amide bonds. The standard InChI is InChI=1S/C12H12F3NO2/c1-2-3-11(16-8-17)9-4-6-10(7-5-9)18-12(13,14)15/h4-7,11H,2-3H2,1H3/t11-/m1/s1. The molecular formula is C12H12F3NO2. The van der Waals surface area contributed by atoms with Crippen LogP contribution in [0, 0.1) is 0 Å². The molecule has 0 radical (unpaired) electrons. The van der Waals surface area contributed by atoms with Crippen LogP contribution in [-0.2, 0) is 4.79 Å². The van der Waals surface area contributed by atoms with Crippen molar-refractivity contribution in [3.63, 3.8) is 0 Å². The summed E-state index contributed by atoms with van der Waals surface area (Å²) in [5.74, 6) is -0.295. The van der Waals surface area contributed by atoms with Gasteiger partial charge in [-0.05, 0) is 24.1 Å². The number of halogens is 3. The van der Waals surface area contributed by atoms with Crippen LogP contribution in [0.15, 0.2) is 29.3 Å². The van der Waals surface area contributed by atoms with Crippen molar-refractivity contribution < 1.29 is 22.7 Å². The lowest BCUT2D eigenvalue weighted by atomic mass is 10.0. The van der Waals surface area contributed by atoms with Crippen molar-refractivity contribution in [3.05, 3.63) is 29.8 Å². The first-order chi connectivity index (χ1) is 8.46. The van der Waals surface area contributed by atoms with Gasteiger partial charge in [0.15, 0.2) is 0 Å². The minimum atomic E-state index is -4.70. The number of benzene rings is 1. The van der Waals surface area contributed by atoms with E-state index in [1.54, 1.807) is 0 Å². The van der Waals surface area contributed by atoms with Crippen molar-refractivity contribution >= 4 is 6.08 Å². The molecule has 0 spiro atoms. The number of ether oxygens (including phenoxy) is 1. The first-order valence-electron chi connectivity index (χ1n) is 5.39. The van der Waals surface area contributed by atoms with Gasteiger partial charge in [0.25, 0.3) is 0 Å². The molecular weight excluding hydrogens is 247 g/mol. The van der Waals surface area contributed by atoms with Gasteiger partial charge >= 0.3 is 6.36 Å². The summed E-state index contributed by atoms with van der Waals surface area (Å²) in [6.45, 7) is 1.93. The smallest absolute Gasteiger partial charge is 0.406 e. The molecule has 0 aliphatic carbocycles. The Morgan fingerprint density at radius 1 is 1.33 bits per heavy atom. The molecule has 0 unspecified atom stereocenters. The molecule has 1 atom stereocenters. The van der Waals surface area contributed by atoms with Gasteiger partial charge in [0.05, 0.1) is 6.04 Å². The normalized spacial score (nSPS) is 12.7. The van der Waals surface area contributed by atoms with Crippen molar-refractivity contribution in [1.82, 2.24) is 0 Å². The summed E-state index contributed by atoms with van der Waals surface area (Å²) < 4.78 is 39.6. The SMILES string of the molecule is CCC[C@@H](N=C=O)c1ccc(OC(F)(F)F)cc1. The highest BCUT2D eigenvalue weighted by atomic mass is 19.4. The van der Waals surface area contributed by atoms with Gasteiger partial charge in [0.1, 0.15) is 5.75 Å². The summed E-state index contributed by atoms with van der Waals surface area (Å²) in [7, 11) is 0. The van der Waals surface area contributed by atoms with Crippen LogP contribution in [0.5, 0.6) is 5.75 Å². The monoisotopic (exact) mass is 259 g/mol. The van der Waals surface area contributed by atoms with Crippen LogP contribution in [-0.4, -0.2) is 12.4 Å². The van der Waals surface area contributed by atoms with Crippen LogP contribution in [0.3, 0.4) is 0 Å². The second-order valence-electron chi connectivity index (χ2n) is 3.64. The highest BCUT2D eigenvalue weighted by molar-refractivity contribution is 5.36. The number of rotatable bonds is 5. The highest BCUT2D eigenvalue weighted by Gasteiger charge is 2.31. The fourth-order valence-electron chi connectivity index (χ4n) is 1.53. The lowest BCUT2D eigenvalue weighted by Crippen LogP contribution is -2.17. The van der Waals surface area contributed by atoms with Crippen LogP contribution < -0.4 is 4.74 Å². The maximum atomic E-state index is 11.9. The molecule has 18 heavy (non-hydrogen) atoms. The van der Waals surface area contributed by atoms with Gasteiger partial charge in [-0.1, -0.05) is 25.5 Å². The average molecular weight is 259 g/mol. The molecule has 6 heteroatoms. The zero-order valence-electron chi connectivity index (χ0n) is 9.70. The third-order valence-electron chi connectivity index (χ3n) is 2.27. The Labute approximate surface area is 102 Å². The Morgan fingerprint density at radius 3 is 2.39 bits per heavy atom. The number of isocyanates is 1. The van der Waals surface area contributed by atoms with E-state index in [1.807, 2.05) is 6.92 Å². The van der Waals surface area contributed by atoms with Crippen LogP contribution in [0.25, 0.3) is 0 Å². The number of alkyl halides is 3. The summed E-state index contributed by atoms with van der Waals surface area (Å²) in [5.41, 5.74) is 0.662. The summed E-state index contributed by atoms with van der Waals surface area (Å²) >= 11 is 0. The van der Waals surface area contributed by atoms with Gasteiger partial charge in [0.2, 0.25) is 6.08 Å². The predicted molar refractivity (Wildman–Crippen MR) is 58.9 cm³/mol. The Balaban J connectivity index is 2.83. The minimum Gasteiger partial charge on any atom is -0.406 e. The van der Waals surface area contributed by atoms with E-state index in [0.29, 0.717) is 12.0 Å². The average Bonchev–Trinajstić information content (AvgIpc) is 2.28. The minimum absolute atomic E-state index is 0.295. The predicted octanol–water partition coefficient (Wildman–Crippen LogP) is 3.76. The van der Waals surface area contributed by atoms with Crippen LogP contribution in [0.2, 0.25) is 0 Å². The van der Waals surface area contributed by atoms with Crippen molar-refractivity contribution in [3.8, 4) is 5.75 Å². The van der Waals surface area contributed by atoms with Crippen LogP contribution in [0.1, 0.15) is 31.4 Å². The van der Waals surface area contributed by atoms with Crippen molar-refractivity contribution in [2.45, 2.75) is 32.2 Å². The van der Waals surface area contributed by atoms with Crippen molar-refractivity contribution in [2.24, 2.45) is 4.99 Å². The van der Waals surface area contributed by atoms with Gasteiger partial charge < -0.3 is 4.74 Å². The first kappa shape index (κ1) is 14.3. The zero-order chi connectivity index (χ0) is 13.6. The summed E-state index contributed by atoms with van der Waals surface area (Å²) in [5, 5.41) is 0. The molecule has 0 saturated carbocycles. The number of carbonyl (C=O) groups excluding carboxylic acids is 1. The van der Waals surface area contributed by atoms with Gasteiger partial charge in [-0.3, -0.25) is 0 Å². The number of aliphatic imine (C=N–C) groups is 1. The van der Waals surface area contributed by atoms with Gasteiger partial charge in [-0.25, -0.2) is 4.79 Å². The second kappa shape index (κ2) is 6.21.